The van der Waals surface area contributed by atoms with E-state index in [4.69, 9.17) is 4.74 Å². The van der Waals surface area contributed by atoms with Crippen LogP contribution in [0.2, 0.25) is 0 Å². The molecule has 1 aromatic rings. The molecule has 1 N–H and O–H groups in total. The molecule has 1 heterocycles. The number of ether oxygens (including phenoxy) is 1. The Morgan fingerprint density at radius 3 is 2.89 bits per heavy atom. The Morgan fingerprint density at radius 2 is 2.17 bits per heavy atom. The van der Waals surface area contributed by atoms with Gasteiger partial charge in [0.25, 0.3) is 0 Å². The smallest absolute Gasteiger partial charge is 0.0721 e. The van der Waals surface area contributed by atoms with Gasteiger partial charge in [0, 0.05) is 6.54 Å². The number of hydrogen-bond donors (Lipinski definition) is 1. The van der Waals surface area contributed by atoms with Gasteiger partial charge in [-0.25, -0.2) is 0 Å². The van der Waals surface area contributed by atoms with Gasteiger partial charge in [-0.1, -0.05) is 37.6 Å². The first-order valence-corrected chi connectivity index (χ1v) is 7.22. The molecule has 2 heteroatoms. The van der Waals surface area contributed by atoms with Gasteiger partial charge in [0.1, 0.15) is 0 Å². The first-order chi connectivity index (χ1) is 8.83. The fraction of sp³-hybridized carbons (Fsp3) is 0.625. The first kappa shape index (κ1) is 12.2. The van der Waals surface area contributed by atoms with E-state index in [2.05, 4.69) is 36.5 Å². The molecule has 1 unspecified atom stereocenters. The van der Waals surface area contributed by atoms with E-state index in [1.807, 2.05) is 0 Å². The SMILES string of the molecule is CCC1(CNC2COCc3ccccc32)CCC1. The second-order valence-electron chi connectivity index (χ2n) is 5.85. The van der Waals surface area contributed by atoms with Crippen LogP contribution in [0.3, 0.4) is 0 Å². The van der Waals surface area contributed by atoms with Crippen molar-refractivity contribution in [3.8, 4) is 0 Å². The van der Waals surface area contributed by atoms with Crippen molar-refractivity contribution < 1.29 is 4.74 Å². The summed E-state index contributed by atoms with van der Waals surface area (Å²) in [6.45, 7) is 5.06. The zero-order valence-corrected chi connectivity index (χ0v) is 11.2. The Hall–Kier alpha value is -0.860. The topological polar surface area (TPSA) is 21.3 Å². The van der Waals surface area contributed by atoms with Crippen LogP contribution >= 0.6 is 0 Å². The van der Waals surface area contributed by atoms with Crippen LogP contribution in [0.4, 0.5) is 0 Å². The van der Waals surface area contributed by atoms with E-state index in [1.165, 1.54) is 36.8 Å². The third-order valence-electron chi connectivity index (χ3n) is 4.86. The average Bonchev–Trinajstić information content (AvgIpc) is 2.38. The highest BCUT2D eigenvalue weighted by atomic mass is 16.5. The normalized spacial score (nSPS) is 25.3. The molecule has 1 atom stereocenters. The molecule has 1 aliphatic heterocycles. The van der Waals surface area contributed by atoms with Crippen molar-refractivity contribution in [1.29, 1.82) is 0 Å². The molecule has 0 bridgehead atoms. The van der Waals surface area contributed by atoms with Crippen molar-refractivity contribution in [2.45, 2.75) is 45.3 Å². The van der Waals surface area contributed by atoms with Crippen LogP contribution in [0, 0.1) is 5.41 Å². The van der Waals surface area contributed by atoms with Gasteiger partial charge in [-0.05, 0) is 35.8 Å². The van der Waals surface area contributed by atoms with Gasteiger partial charge >= 0.3 is 0 Å². The Morgan fingerprint density at radius 1 is 1.33 bits per heavy atom. The summed E-state index contributed by atoms with van der Waals surface area (Å²) in [5, 5.41) is 3.75. The fourth-order valence-electron chi connectivity index (χ4n) is 3.22. The van der Waals surface area contributed by atoms with Gasteiger partial charge in [0.05, 0.1) is 19.3 Å². The molecule has 18 heavy (non-hydrogen) atoms. The van der Waals surface area contributed by atoms with E-state index in [1.54, 1.807) is 0 Å². The molecule has 0 aromatic heterocycles. The summed E-state index contributed by atoms with van der Waals surface area (Å²) in [4.78, 5) is 0. The highest BCUT2D eigenvalue weighted by Gasteiger charge is 2.35. The van der Waals surface area contributed by atoms with Crippen LogP contribution in [-0.4, -0.2) is 13.2 Å². The summed E-state index contributed by atoms with van der Waals surface area (Å²) in [6, 6.07) is 9.05. The second kappa shape index (κ2) is 5.02. The molecule has 1 aromatic carbocycles. The van der Waals surface area contributed by atoms with Crippen molar-refractivity contribution in [3.63, 3.8) is 0 Å². The molecular formula is C16H23NO. The maximum atomic E-state index is 5.70. The first-order valence-electron chi connectivity index (χ1n) is 7.22. The highest BCUT2D eigenvalue weighted by Crippen LogP contribution is 2.43. The standard InChI is InChI=1S/C16H23NO/c1-2-16(8-5-9-16)12-17-15-11-18-10-13-6-3-4-7-14(13)15/h3-4,6-7,15,17H,2,5,8-12H2,1H3. The lowest BCUT2D eigenvalue weighted by Crippen LogP contribution is -2.42. The monoisotopic (exact) mass is 245 g/mol. The predicted molar refractivity (Wildman–Crippen MR) is 73.4 cm³/mol. The van der Waals surface area contributed by atoms with Gasteiger partial charge in [-0.2, -0.15) is 0 Å². The van der Waals surface area contributed by atoms with Crippen LogP contribution < -0.4 is 5.32 Å². The van der Waals surface area contributed by atoms with E-state index in [9.17, 15) is 0 Å². The Bertz CT molecular complexity index is 406. The Balaban J connectivity index is 1.67. The minimum absolute atomic E-state index is 0.388. The molecule has 0 radical (unpaired) electrons. The van der Waals surface area contributed by atoms with E-state index in [0.717, 1.165) is 19.8 Å². The van der Waals surface area contributed by atoms with Crippen LogP contribution in [-0.2, 0) is 11.3 Å². The van der Waals surface area contributed by atoms with Crippen molar-refractivity contribution in [1.82, 2.24) is 5.32 Å². The van der Waals surface area contributed by atoms with Crippen LogP contribution in [0.15, 0.2) is 24.3 Å². The van der Waals surface area contributed by atoms with Crippen LogP contribution in [0.1, 0.15) is 49.8 Å². The zero-order chi connectivity index (χ0) is 12.4. The average molecular weight is 245 g/mol. The maximum absolute atomic E-state index is 5.70. The molecule has 3 rings (SSSR count). The number of hydrogen-bond acceptors (Lipinski definition) is 2. The second-order valence-corrected chi connectivity index (χ2v) is 5.85. The summed E-state index contributed by atoms with van der Waals surface area (Å²) in [6.07, 6.45) is 5.50. The summed E-state index contributed by atoms with van der Waals surface area (Å²) >= 11 is 0. The largest absolute Gasteiger partial charge is 0.375 e. The fourth-order valence-corrected chi connectivity index (χ4v) is 3.22. The molecule has 1 fully saturated rings. The third-order valence-corrected chi connectivity index (χ3v) is 4.86. The van der Waals surface area contributed by atoms with Crippen molar-refractivity contribution >= 4 is 0 Å². The highest BCUT2D eigenvalue weighted by molar-refractivity contribution is 5.31. The zero-order valence-electron chi connectivity index (χ0n) is 11.2. The van der Waals surface area contributed by atoms with Crippen LogP contribution in [0.25, 0.3) is 0 Å². The number of benzene rings is 1. The molecular weight excluding hydrogens is 222 g/mol. The van der Waals surface area contributed by atoms with E-state index in [0.29, 0.717) is 11.5 Å². The third kappa shape index (κ3) is 2.19. The van der Waals surface area contributed by atoms with Gasteiger partial charge in [-0.15, -0.1) is 0 Å². The molecule has 0 amide bonds. The van der Waals surface area contributed by atoms with Gasteiger partial charge < -0.3 is 10.1 Å². The number of nitrogens with one attached hydrogen (secondary N) is 1. The molecule has 2 aliphatic rings. The maximum Gasteiger partial charge on any atom is 0.0721 e. The van der Waals surface area contributed by atoms with Gasteiger partial charge in [-0.3, -0.25) is 0 Å². The minimum atomic E-state index is 0.388. The lowest BCUT2D eigenvalue weighted by molar-refractivity contribution is 0.0651. The minimum Gasteiger partial charge on any atom is -0.375 e. The molecule has 1 saturated carbocycles. The van der Waals surface area contributed by atoms with E-state index < -0.39 is 0 Å². The van der Waals surface area contributed by atoms with Crippen molar-refractivity contribution in [3.05, 3.63) is 35.4 Å². The number of fused-ring (bicyclic) bond motifs is 1. The van der Waals surface area contributed by atoms with Crippen molar-refractivity contribution in [2.75, 3.05) is 13.2 Å². The summed E-state index contributed by atoms with van der Waals surface area (Å²) in [5.41, 5.74) is 3.36. The Kier molecular flexibility index (Phi) is 3.40. The molecule has 2 nitrogen and oxygen atoms in total. The summed E-state index contributed by atoms with van der Waals surface area (Å²) < 4.78 is 5.70. The van der Waals surface area contributed by atoms with Gasteiger partial charge in [0.2, 0.25) is 0 Å². The van der Waals surface area contributed by atoms with E-state index >= 15 is 0 Å². The molecule has 0 spiro atoms. The lowest BCUT2D eigenvalue weighted by atomic mass is 9.67. The Labute approximate surface area is 110 Å². The lowest BCUT2D eigenvalue weighted by Gasteiger charge is -2.43. The molecule has 98 valence electrons. The summed E-state index contributed by atoms with van der Waals surface area (Å²) in [7, 11) is 0. The van der Waals surface area contributed by atoms with E-state index in [-0.39, 0.29) is 0 Å². The van der Waals surface area contributed by atoms with Crippen LogP contribution in [0.5, 0.6) is 0 Å². The molecule has 0 saturated heterocycles. The summed E-state index contributed by atoms with van der Waals surface area (Å²) in [5.74, 6) is 0. The predicted octanol–water partition coefficient (Wildman–Crippen LogP) is 3.43. The quantitative estimate of drug-likeness (QED) is 0.877. The number of rotatable bonds is 4. The van der Waals surface area contributed by atoms with Crippen molar-refractivity contribution in [2.24, 2.45) is 5.41 Å². The van der Waals surface area contributed by atoms with Gasteiger partial charge in [0.15, 0.2) is 0 Å². The molecule has 1 aliphatic carbocycles.